The van der Waals surface area contributed by atoms with E-state index < -0.39 is 0 Å². The van der Waals surface area contributed by atoms with Crippen LogP contribution in [0.25, 0.3) is 0 Å². The van der Waals surface area contributed by atoms with Crippen molar-refractivity contribution in [3.05, 3.63) is 66.2 Å². The molecule has 0 atom stereocenters. The Morgan fingerprint density at radius 2 is 1.52 bits per heavy atom. The molecular formula is C23H31NO. The van der Waals surface area contributed by atoms with Crippen molar-refractivity contribution in [2.75, 3.05) is 19.6 Å². The second-order valence-electron chi connectivity index (χ2n) is 7.78. The van der Waals surface area contributed by atoms with Crippen molar-refractivity contribution in [1.82, 2.24) is 4.90 Å². The highest BCUT2D eigenvalue weighted by molar-refractivity contribution is 5.24. The molecule has 0 spiro atoms. The zero-order chi connectivity index (χ0) is 17.5. The standard InChI is InChI=1S/C23H31NO/c1-20(2)13-16-24-17-14-23(15-18-24,19-21-9-5-3-6-10-21)25-22-11-7-4-8-12-22/h3-12,20H,13-19H2,1-2H3. The maximum atomic E-state index is 6.59. The molecule has 1 aliphatic rings. The van der Waals surface area contributed by atoms with Crippen LogP contribution in [0, 0.1) is 5.92 Å². The summed E-state index contributed by atoms with van der Waals surface area (Å²) < 4.78 is 6.59. The van der Waals surface area contributed by atoms with Gasteiger partial charge in [-0.25, -0.2) is 0 Å². The molecule has 2 aromatic carbocycles. The average Bonchev–Trinajstić information content (AvgIpc) is 2.63. The number of likely N-dealkylation sites (tertiary alicyclic amines) is 1. The number of benzene rings is 2. The van der Waals surface area contributed by atoms with Crippen molar-refractivity contribution < 1.29 is 4.74 Å². The predicted octanol–water partition coefficient (Wildman–Crippen LogP) is 5.19. The Bertz CT molecular complexity index is 572. The first kappa shape index (κ1) is 18.0. The van der Waals surface area contributed by atoms with Crippen LogP contribution in [0.15, 0.2) is 60.7 Å². The van der Waals surface area contributed by atoms with Gasteiger partial charge >= 0.3 is 0 Å². The lowest BCUT2D eigenvalue weighted by Crippen LogP contribution is -2.49. The van der Waals surface area contributed by atoms with Crippen LogP contribution >= 0.6 is 0 Å². The van der Waals surface area contributed by atoms with Gasteiger partial charge in [0.1, 0.15) is 11.4 Å². The Kier molecular flexibility index (Phi) is 6.14. The molecule has 0 saturated carbocycles. The van der Waals surface area contributed by atoms with Crippen molar-refractivity contribution in [2.45, 2.75) is 45.1 Å². The molecule has 0 amide bonds. The third-order valence-electron chi connectivity index (χ3n) is 5.24. The average molecular weight is 338 g/mol. The molecule has 1 heterocycles. The van der Waals surface area contributed by atoms with Gasteiger partial charge in [-0.2, -0.15) is 0 Å². The highest BCUT2D eigenvalue weighted by Crippen LogP contribution is 2.32. The normalized spacial score (nSPS) is 17.6. The van der Waals surface area contributed by atoms with Gasteiger partial charge in [0.15, 0.2) is 0 Å². The number of ether oxygens (including phenoxy) is 1. The van der Waals surface area contributed by atoms with Gasteiger partial charge < -0.3 is 9.64 Å². The van der Waals surface area contributed by atoms with Gasteiger partial charge in [-0.15, -0.1) is 0 Å². The summed E-state index contributed by atoms with van der Waals surface area (Å²) in [5, 5.41) is 0. The molecule has 2 aromatic rings. The summed E-state index contributed by atoms with van der Waals surface area (Å²) >= 11 is 0. The smallest absolute Gasteiger partial charge is 0.120 e. The minimum absolute atomic E-state index is 0.0863. The SMILES string of the molecule is CC(C)CCN1CCC(Cc2ccccc2)(Oc2ccccc2)CC1. The van der Waals surface area contributed by atoms with Crippen LogP contribution < -0.4 is 4.74 Å². The fraction of sp³-hybridized carbons (Fsp3) is 0.478. The van der Waals surface area contributed by atoms with E-state index in [-0.39, 0.29) is 5.60 Å². The van der Waals surface area contributed by atoms with E-state index in [2.05, 4.69) is 73.3 Å². The highest BCUT2D eigenvalue weighted by atomic mass is 16.5. The fourth-order valence-electron chi connectivity index (χ4n) is 3.65. The Hall–Kier alpha value is -1.80. The molecule has 0 bridgehead atoms. The van der Waals surface area contributed by atoms with Crippen LogP contribution in [-0.2, 0) is 6.42 Å². The fourth-order valence-corrected chi connectivity index (χ4v) is 3.65. The summed E-state index contributed by atoms with van der Waals surface area (Å²) in [6.45, 7) is 8.09. The number of nitrogens with zero attached hydrogens (tertiary/aromatic N) is 1. The molecule has 0 radical (unpaired) electrons. The van der Waals surface area contributed by atoms with E-state index in [1.54, 1.807) is 0 Å². The van der Waals surface area contributed by atoms with Crippen LogP contribution in [0.2, 0.25) is 0 Å². The molecule has 2 nitrogen and oxygen atoms in total. The van der Waals surface area contributed by atoms with Crippen molar-refractivity contribution in [2.24, 2.45) is 5.92 Å². The summed E-state index contributed by atoms with van der Waals surface area (Å²) in [5.74, 6) is 1.77. The maximum Gasteiger partial charge on any atom is 0.120 e. The molecule has 1 fully saturated rings. The van der Waals surface area contributed by atoms with E-state index in [1.165, 1.54) is 18.5 Å². The van der Waals surface area contributed by atoms with Crippen molar-refractivity contribution in [1.29, 1.82) is 0 Å². The third kappa shape index (κ3) is 5.34. The number of piperidine rings is 1. The van der Waals surface area contributed by atoms with E-state index in [4.69, 9.17) is 4.74 Å². The second kappa shape index (κ2) is 8.53. The summed E-state index contributed by atoms with van der Waals surface area (Å²) in [6, 6.07) is 21.1. The first-order valence-corrected chi connectivity index (χ1v) is 9.66. The molecule has 0 aromatic heterocycles. The number of hydrogen-bond acceptors (Lipinski definition) is 2. The van der Waals surface area contributed by atoms with E-state index in [9.17, 15) is 0 Å². The molecule has 3 rings (SSSR count). The van der Waals surface area contributed by atoms with Gasteiger partial charge in [0, 0.05) is 32.4 Å². The van der Waals surface area contributed by atoms with Crippen molar-refractivity contribution >= 4 is 0 Å². The number of para-hydroxylation sites is 1. The van der Waals surface area contributed by atoms with Crippen molar-refractivity contribution in [3.8, 4) is 5.75 Å². The highest BCUT2D eigenvalue weighted by Gasteiger charge is 2.36. The predicted molar refractivity (Wildman–Crippen MR) is 105 cm³/mol. The minimum atomic E-state index is -0.0863. The molecule has 0 N–H and O–H groups in total. The third-order valence-corrected chi connectivity index (χ3v) is 5.24. The zero-order valence-electron chi connectivity index (χ0n) is 15.7. The monoisotopic (exact) mass is 337 g/mol. The molecular weight excluding hydrogens is 306 g/mol. The van der Waals surface area contributed by atoms with Gasteiger partial charge in [0.25, 0.3) is 0 Å². The lowest BCUT2D eigenvalue weighted by Gasteiger charge is -2.42. The Labute approximate surface area is 152 Å². The molecule has 1 saturated heterocycles. The van der Waals surface area contributed by atoms with Crippen LogP contribution in [-0.4, -0.2) is 30.1 Å². The first-order valence-electron chi connectivity index (χ1n) is 9.66. The molecule has 0 unspecified atom stereocenters. The van der Waals surface area contributed by atoms with Crippen LogP contribution in [0.1, 0.15) is 38.7 Å². The van der Waals surface area contributed by atoms with Gasteiger partial charge in [0.05, 0.1) is 0 Å². The Morgan fingerprint density at radius 3 is 2.12 bits per heavy atom. The van der Waals surface area contributed by atoms with E-state index >= 15 is 0 Å². The van der Waals surface area contributed by atoms with Crippen molar-refractivity contribution in [3.63, 3.8) is 0 Å². The van der Waals surface area contributed by atoms with Crippen LogP contribution in [0.3, 0.4) is 0 Å². The lowest BCUT2D eigenvalue weighted by molar-refractivity contribution is 0.000735. The molecule has 25 heavy (non-hydrogen) atoms. The maximum absolute atomic E-state index is 6.59. The second-order valence-corrected chi connectivity index (χ2v) is 7.78. The van der Waals surface area contributed by atoms with Gasteiger partial charge in [-0.1, -0.05) is 62.4 Å². The van der Waals surface area contributed by atoms with Gasteiger partial charge in [-0.3, -0.25) is 0 Å². The molecule has 0 aliphatic carbocycles. The van der Waals surface area contributed by atoms with Crippen LogP contribution in [0.5, 0.6) is 5.75 Å². The first-order chi connectivity index (χ1) is 12.2. The minimum Gasteiger partial charge on any atom is -0.487 e. The lowest BCUT2D eigenvalue weighted by atomic mass is 9.84. The largest absolute Gasteiger partial charge is 0.487 e. The number of rotatable bonds is 7. The van der Waals surface area contributed by atoms with E-state index in [0.29, 0.717) is 0 Å². The van der Waals surface area contributed by atoms with Gasteiger partial charge in [-0.05, 0) is 36.6 Å². The topological polar surface area (TPSA) is 12.5 Å². The summed E-state index contributed by atoms with van der Waals surface area (Å²) in [5.41, 5.74) is 1.28. The van der Waals surface area contributed by atoms with E-state index in [0.717, 1.165) is 44.0 Å². The quantitative estimate of drug-likeness (QED) is 0.689. The number of hydrogen-bond donors (Lipinski definition) is 0. The summed E-state index contributed by atoms with van der Waals surface area (Å²) in [4.78, 5) is 2.61. The Balaban J connectivity index is 1.70. The molecule has 1 aliphatic heterocycles. The summed E-state index contributed by atoms with van der Waals surface area (Å²) in [6.07, 6.45) is 4.45. The Morgan fingerprint density at radius 1 is 0.920 bits per heavy atom. The van der Waals surface area contributed by atoms with Crippen LogP contribution in [0.4, 0.5) is 0 Å². The summed E-state index contributed by atoms with van der Waals surface area (Å²) in [7, 11) is 0. The van der Waals surface area contributed by atoms with E-state index in [1.807, 2.05) is 6.07 Å². The van der Waals surface area contributed by atoms with Gasteiger partial charge in [0.2, 0.25) is 0 Å². The zero-order valence-corrected chi connectivity index (χ0v) is 15.7. The molecule has 134 valence electrons. The molecule has 2 heteroatoms.